The first kappa shape index (κ1) is 18.7. The zero-order valence-corrected chi connectivity index (χ0v) is 16.3. The number of benzene rings is 1. The molecule has 0 aliphatic carbocycles. The third kappa shape index (κ3) is 3.99. The fourth-order valence-electron chi connectivity index (χ4n) is 3.56. The highest BCUT2D eigenvalue weighted by Gasteiger charge is 2.24. The zero-order chi connectivity index (χ0) is 20.2. The Morgan fingerprint density at radius 1 is 0.931 bits per heavy atom. The van der Waals surface area contributed by atoms with Crippen molar-refractivity contribution in [2.45, 2.75) is 0 Å². The third-order valence-corrected chi connectivity index (χ3v) is 5.32. The number of nitrogens with one attached hydrogen (secondary N) is 1. The molecule has 2 aromatic heterocycles. The van der Waals surface area contributed by atoms with Gasteiger partial charge in [0.05, 0.1) is 0 Å². The van der Waals surface area contributed by atoms with Crippen molar-refractivity contribution in [3.63, 3.8) is 0 Å². The summed E-state index contributed by atoms with van der Waals surface area (Å²) in [6.45, 7) is 11.1. The van der Waals surface area contributed by atoms with Crippen molar-refractivity contribution in [1.82, 2.24) is 19.8 Å². The van der Waals surface area contributed by atoms with E-state index in [0.29, 0.717) is 18.7 Å². The highest BCUT2D eigenvalue weighted by molar-refractivity contribution is 6.18. The summed E-state index contributed by atoms with van der Waals surface area (Å²) in [6.07, 6.45) is 5.36. The van der Waals surface area contributed by atoms with Crippen molar-refractivity contribution in [2.75, 3.05) is 26.2 Å². The van der Waals surface area contributed by atoms with Crippen LogP contribution in [0.3, 0.4) is 0 Å². The highest BCUT2D eigenvalue weighted by atomic mass is 16.2. The van der Waals surface area contributed by atoms with Gasteiger partial charge in [-0.3, -0.25) is 9.78 Å². The number of nitrogens with zero attached hydrogens (tertiary/aromatic N) is 3. The van der Waals surface area contributed by atoms with E-state index in [4.69, 9.17) is 0 Å². The molecule has 3 aromatic rings. The fourth-order valence-corrected chi connectivity index (χ4v) is 3.56. The summed E-state index contributed by atoms with van der Waals surface area (Å²) >= 11 is 0. The molecule has 1 fully saturated rings. The molecule has 0 spiro atoms. The topological polar surface area (TPSA) is 52.2 Å². The highest BCUT2D eigenvalue weighted by Crippen LogP contribution is 2.24. The number of amides is 1. The van der Waals surface area contributed by atoms with Crippen molar-refractivity contribution in [1.29, 1.82) is 0 Å². The number of aromatic amines is 1. The van der Waals surface area contributed by atoms with Gasteiger partial charge in [-0.1, -0.05) is 43.5 Å². The summed E-state index contributed by atoms with van der Waals surface area (Å²) in [5.41, 5.74) is 5.34. The normalized spacial score (nSPS) is 13.9. The molecule has 0 atom stereocenters. The number of carbonyl (C=O) groups excluding carboxylic acids is 1. The number of carbonyl (C=O) groups is 1. The molecule has 1 aliphatic rings. The summed E-state index contributed by atoms with van der Waals surface area (Å²) in [4.78, 5) is 24.4. The number of hydrogen-bond acceptors (Lipinski definition) is 3. The first-order chi connectivity index (χ1) is 14.1. The lowest BCUT2D eigenvalue weighted by Gasteiger charge is -2.37. The largest absolute Gasteiger partial charge is 0.368 e. The number of pyridine rings is 1. The minimum absolute atomic E-state index is 0.0216. The van der Waals surface area contributed by atoms with Crippen molar-refractivity contribution >= 4 is 17.2 Å². The first-order valence-corrected chi connectivity index (χ1v) is 9.70. The van der Waals surface area contributed by atoms with Crippen LogP contribution in [0.5, 0.6) is 0 Å². The summed E-state index contributed by atoms with van der Waals surface area (Å²) in [5.74, 6) is -0.0216. The van der Waals surface area contributed by atoms with Gasteiger partial charge < -0.3 is 14.8 Å². The Bertz CT molecular complexity index is 1020. The number of aromatic nitrogens is 2. The van der Waals surface area contributed by atoms with E-state index in [2.05, 4.69) is 40.2 Å². The predicted molar refractivity (Wildman–Crippen MR) is 117 cm³/mol. The second-order valence-corrected chi connectivity index (χ2v) is 7.11. The molecule has 0 saturated carbocycles. The van der Waals surface area contributed by atoms with E-state index in [0.717, 1.165) is 41.2 Å². The Kier molecular flexibility index (Phi) is 5.29. The van der Waals surface area contributed by atoms with Gasteiger partial charge in [0.2, 0.25) is 0 Å². The van der Waals surface area contributed by atoms with Crippen LogP contribution in [0, 0.1) is 0 Å². The lowest BCUT2D eigenvalue weighted by Crippen LogP contribution is -2.47. The maximum Gasteiger partial charge on any atom is 0.254 e. The Morgan fingerprint density at radius 3 is 2.34 bits per heavy atom. The van der Waals surface area contributed by atoms with Crippen LogP contribution in [0.2, 0.25) is 0 Å². The van der Waals surface area contributed by atoms with Crippen LogP contribution < -0.4 is 0 Å². The molecule has 5 heteroatoms. The van der Waals surface area contributed by atoms with Crippen LogP contribution >= 0.6 is 0 Å². The average Bonchev–Trinajstić information content (AvgIpc) is 3.29. The second-order valence-electron chi connectivity index (χ2n) is 7.11. The molecule has 1 amide bonds. The number of hydrogen-bond donors (Lipinski definition) is 1. The van der Waals surface area contributed by atoms with Crippen molar-refractivity contribution in [3.05, 3.63) is 91.4 Å². The van der Waals surface area contributed by atoms with Gasteiger partial charge in [-0.2, -0.15) is 0 Å². The van der Waals surface area contributed by atoms with Crippen LogP contribution in [-0.2, 0) is 4.79 Å². The van der Waals surface area contributed by atoms with Gasteiger partial charge >= 0.3 is 0 Å². The monoisotopic (exact) mass is 384 g/mol. The standard InChI is InChI=1S/C24H24N4O/c1-18(22-15-23(26-17-22)21-9-6-10-25-16-21)24(29)28-13-11-27(12-14-28)19(2)20-7-4-3-5-8-20/h3-10,15-17,26H,1-2,11-14H2. The minimum Gasteiger partial charge on any atom is -0.368 e. The van der Waals surface area contributed by atoms with Gasteiger partial charge in [-0.25, -0.2) is 0 Å². The van der Waals surface area contributed by atoms with Crippen molar-refractivity contribution in [2.24, 2.45) is 0 Å². The zero-order valence-electron chi connectivity index (χ0n) is 16.3. The van der Waals surface area contributed by atoms with Gasteiger partial charge in [0.1, 0.15) is 0 Å². The Morgan fingerprint density at radius 2 is 1.66 bits per heavy atom. The van der Waals surface area contributed by atoms with Crippen molar-refractivity contribution < 1.29 is 4.79 Å². The van der Waals surface area contributed by atoms with Crippen LogP contribution in [-0.4, -0.2) is 51.9 Å². The molecule has 3 heterocycles. The van der Waals surface area contributed by atoms with E-state index in [1.54, 1.807) is 12.4 Å². The predicted octanol–water partition coefficient (Wildman–Crippen LogP) is 3.91. The summed E-state index contributed by atoms with van der Waals surface area (Å²) in [7, 11) is 0. The Labute approximate surface area is 171 Å². The fraction of sp³-hybridized carbons (Fsp3) is 0.167. The maximum atomic E-state index is 13.0. The van der Waals surface area contributed by atoms with Crippen LogP contribution in [0.15, 0.2) is 80.3 Å². The van der Waals surface area contributed by atoms with Gasteiger partial charge in [0.15, 0.2) is 0 Å². The molecule has 146 valence electrons. The van der Waals surface area contributed by atoms with Gasteiger partial charge in [0, 0.05) is 72.9 Å². The van der Waals surface area contributed by atoms with Crippen molar-refractivity contribution in [3.8, 4) is 11.3 Å². The van der Waals surface area contributed by atoms with Crippen LogP contribution in [0.1, 0.15) is 11.1 Å². The summed E-state index contributed by atoms with van der Waals surface area (Å²) < 4.78 is 0. The molecule has 5 nitrogen and oxygen atoms in total. The second kappa shape index (κ2) is 8.19. The molecule has 0 bridgehead atoms. The van der Waals surface area contributed by atoms with E-state index in [-0.39, 0.29) is 5.91 Å². The van der Waals surface area contributed by atoms with Gasteiger partial charge in [0.25, 0.3) is 5.91 Å². The quantitative estimate of drug-likeness (QED) is 0.679. The Hall–Kier alpha value is -3.60. The first-order valence-electron chi connectivity index (χ1n) is 9.70. The van der Waals surface area contributed by atoms with Gasteiger partial charge in [-0.05, 0) is 23.8 Å². The number of H-pyrrole nitrogens is 1. The molecular formula is C24H24N4O. The molecule has 29 heavy (non-hydrogen) atoms. The maximum absolute atomic E-state index is 13.0. The average molecular weight is 384 g/mol. The smallest absolute Gasteiger partial charge is 0.254 e. The molecule has 1 aromatic carbocycles. The van der Waals surface area contributed by atoms with E-state index in [1.807, 2.05) is 47.5 Å². The molecule has 1 aliphatic heterocycles. The van der Waals surface area contributed by atoms with E-state index < -0.39 is 0 Å². The van der Waals surface area contributed by atoms with Crippen LogP contribution in [0.25, 0.3) is 22.5 Å². The van der Waals surface area contributed by atoms with E-state index in [9.17, 15) is 4.79 Å². The molecule has 1 saturated heterocycles. The third-order valence-electron chi connectivity index (χ3n) is 5.32. The van der Waals surface area contributed by atoms with Gasteiger partial charge in [-0.15, -0.1) is 0 Å². The summed E-state index contributed by atoms with van der Waals surface area (Å²) in [6, 6.07) is 16.0. The SMILES string of the molecule is C=C(C(=O)N1CCN(C(=C)c2ccccc2)CC1)c1c[nH]c(-c2cccnc2)c1. The molecular weight excluding hydrogens is 360 g/mol. The van der Waals surface area contributed by atoms with E-state index >= 15 is 0 Å². The number of rotatable bonds is 5. The van der Waals surface area contributed by atoms with E-state index in [1.165, 1.54) is 0 Å². The Balaban J connectivity index is 1.38. The molecule has 1 N–H and O–H groups in total. The molecule has 4 rings (SSSR count). The lowest BCUT2D eigenvalue weighted by molar-refractivity contribution is -0.126. The molecule has 0 radical (unpaired) electrons. The van der Waals surface area contributed by atoms with Crippen LogP contribution in [0.4, 0.5) is 0 Å². The molecule has 0 unspecified atom stereocenters. The number of piperazine rings is 1. The summed E-state index contributed by atoms with van der Waals surface area (Å²) in [5, 5.41) is 0. The minimum atomic E-state index is -0.0216. The lowest BCUT2D eigenvalue weighted by atomic mass is 10.1.